The van der Waals surface area contributed by atoms with E-state index in [1.807, 2.05) is 27.0 Å². The summed E-state index contributed by atoms with van der Waals surface area (Å²) in [6.45, 7) is 6.89. The minimum absolute atomic E-state index is 0.318. The molecule has 0 aromatic heterocycles. The van der Waals surface area contributed by atoms with Crippen LogP contribution in [0, 0.1) is 0 Å². The predicted molar refractivity (Wildman–Crippen MR) is 69.2 cm³/mol. The Morgan fingerprint density at radius 1 is 1.29 bits per heavy atom. The maximum atomic E-state index is 9.60. The van der Waals surface area contributed by atoms with Crippen LogP contribution in [0.25, 0.3) is 6.08 Å². The molecule has 1 aromatic rings. The molecule has 0 aliphatic carbocycles. The predicted octanol–water partition coefficient (Wildman–Crippen LogP) is 2.72. The summed E-state index contributed by atoms with van der Waals surface area (Å²) in [6.07, 6.45) is 4.08. The number of carbonyl (C=O) groups excluding carboxylic acids is 1. The van der Waals surface area contributed by atoms with Crippen molar-refractivity contribution >= 4 is 12.5 Å². The van der Waals surface area contributed by atoms with Gasteiger partial charge in [-0.05, 0) is 44.2 Å². The Bertz CT molecular complexity index is 391. The Morgan fingerprint density at radius 3 is 2.53 bits per heavy atom. The minimum Gasteiger partial charge on any atom is -0.462 e. The highest BCUT2D eigenvalue weighted by Crippen LogP contribution is 2.12. The molecule has 0 atom stereocenters. The molecule has 0 spiro atoms. The quantitative estimate of drug-likeness (QED) is 0.758. The van der Waals surface area contributed by atoms with Gasteiger partial charge in [0.15, 0.2) is 0 Å². The standard InChI is InChI=1S/C9H9N.C5H10O2/c1-2-4-9-7-10-6-5-8(9)3-1;1-5(2,3)7-4-6/h1-6,10H,7H2;4H,1-3H3. The van der Waals surface area contributed by atoms with Crippen LogP contribution in [-0.4, -0.2) is 12.1 Å². The molecule has 0 saturated heterocycles. The van der Waals surface area contributed by atoms with Crippen LogP contribution in [0.5, 0.6) is 0 Å². The average Bonchev–Trinajstić information content (AvgIpc) is 2.28. The molecule has 1 heterocycles. The van der Waals surface area contributed by atoms with E-state index in [0.29, 0.717) is 6.47 Å². The topological polar surface area (TPSA) is 38.3 Å². The molecule has 0 amide bonds. The van der Waals surface area contributed by atoms with E-state index >= 15 is 0 Å². The zero-order valence-corrected chi connectivity index (χ0v) is 10.6. The van der Waals surface area contributed by atoms with Gasteiger partial charge in [-0.1, -0.05) is 24.3 Å². The highest BCUT2D eigenvalue weighted by atomic mass is 16.5. The van der Waals surface area contributed by atoms with Gasteiger partial charge in [0.25, 0.3) is 6.47 Å². The van der Waals surface area contributed by atoms with Gasteiger partial charge in [0.1, 0.15) is 5.60 Å². The Balaban J connectivity index is 0.000000185. The summed E-state index contributed by atoms with van der Waals surface area (Å²) in [6, 6.07) is 8.41. The maximum Gasteiger partial charge on any atom is 0.293 e. The molecular formula is C14H19NO2. The molecule has 2 rings (SSSR count). The summed E-state index contributed by atoms with van der Waals surface area (Å²) in [4.78, 5) is 9.60. The Labute approximate surface area is 102 Å². The SMILES string of the molecule is C1=Cc2ccccc2CN1.CC(C)(C)OC=O. The monoisotopic (exact) mass is 233 g/mol. The summed E-state index contributed by atoms with van der Waals surface area (Å²) in [5, 5.41) is 3.16. The van der Waals surface area contributed by atoms with Gasteiger partial charge in [0, 0.05) is 6.54 Å². The van der Waals surface area contributed by atoms with E-state index in [2.05, 4.69) is 40.4 Å². The van der Waals surface area contributed by atoms with Crippen LogP contribution in [0.15, 0.2) is 30.5 Å². The molecule has 1 aliphatic heterocycles. The highest BCUT2D eigenvalue weighted by molar-refractivity contribution is 5.55. The highest BCUT2D eigenvalue weighted by Gasteiger charge is 2.07. The third-order valence-electron chi connectivity index (χ3n) is 2.13. The van der Waals surface area contributed by atoms with Gasteiger partial charge in [0.2, 0.25) is 0 Å². The Kier molecular flexibility index (Phi) is 4.76. The molecule has 0 bridgehead atoms. The molecule has 17 heavy (non-hydrogen) atoms. The van der Waals surface area contributed by atoms with E-state index in [-0.39, 0.29) is 5.60 Å². The van der Waals surface area contributed by atoms with Gasteiger partial charge in [-0.15, -0.1) is 0 Å². The zero-order chi connectivity index (χ0) is 12.7. The molecule has 0 radical (unpaired) electrons. The lowest BCUT2D eigenvalue weighted by molar-refractivity contribution is -0.138. The van der Waals surface area contributed by atoms with E-state index < -0.39 is 0 Å². The first-order chi connectivity index (χ1) is 8.03. The molecule has 3 heteroatoms. The smallest absolute Gasteiger partial charge is 0.293 e. The van der Waals surface area contributed by atoms with Crippen molar-refractivity contribution in [1.82, 2.24) is 5.32 Å². The van der Waals surface area contributed by atoms with Crippen LogP contribution < -0.4 is 5.32 Å². The van der Waals surface area contributed by atoms with Crippen molar-refractivity contribution < 1.29 is 9.53 Å². The van der Waals surface area contributed by atoms with Crippen LogP contribution in [0.3, 0.4) is 0 Å². The van der Waals surface area contributed by atoms with Crippen LogP contribution in [-0.2, 0) is 16.1 Å². The van der Waals surface area contributed by atoms with Crippen molar-refractivity contribution in [3.63, 3.8) is 0 Å². The number of hydrogen-bond acceptors (Lipinski definition) is 3. The fourth-order valence-corrected chi connectivity index (χ4v) is 1.32. The second kappa shape index (κ2) is 6.09. The largest absolute Gasteiger partial charge is 0.462 e. The third-order valence-corrected chi connectivity index (χ3v) is 2.13. The number of benzene rings is 1. The number of nitrogens with one attached hydrogen (secondary N) is 1. The second-order valence-corrected chi connectivity index (χ2v) is 4.74. The summed E-state index contributed by atoms with van der Waals surface area (Å²) >= 11 is 0. The molecular weight excluding hydrogens is 214 g/mol. The second-order valence-electron chi connectivity index (χ2n) is 4.74. The lowest BCUT2D eigenvalue weighted by Gasteiger charge is -2.14. The summed E-state index contributed by atoms with van der Waals surface area (Å²) in [5.74, 6) is 0. The summed E-state index contributed by atoms with van der Waals surface area (Å²) < 4.78 is 4.55. The lowest BCUT2D eigenvalue weighted by Crippen LogP contribution is -2.17. The van der Waals surface area contributed by atoms with Crippen molar-refractivity contribution in [3.8, 4) is 0 Å². The number of rotatable bonds is 1. The first kappa shape index (κ1) is 13.3. The van der Waals surface area contributed by atoms with Gasteiger partial charge < -0.3 is 10.1 Å². The minimum atomic E-state index is -0.318. The molecule has 92 valence electrons. The van der Waals surface area contributed by atoms with Crippen molar-refractivity contribution in [1.29, 1.82) is 0 Å². The first-order valence-electron chi connectivity index (χ1n) is 5.62. The molecule has 0 unspecified atom stereocenters. The number of hydrogen-bond donors (Lipinski definition) is 1. The van der Waals surface area contributed by atoms with Gasteiger partial charge >= 0.3 is 0 Å². The fourth-order valence-electron chi connectivity index (χ4n) is 1.32. The van der Waals surface area contributed by atoms with Crippen LogP contribution in [0.1, 0.15) is 31.9 Å². The normalized spacial score (nSPS) is 12.6. The van der Waals surface area contributed by atoms with Crippen LogP contribution in [0.2, 0.25) is 0 Å². The van der Waals surface area contributed by atoms with Crippen LogP contribution >= 0.6 is 0 Å². The van der Waals surface area contributed by atoms with Gasteiger partial charge in [-0.3, -0.25) is 4.79 Å². The van der Waals surface area contributed by atoms with Crippen molar-refractivity contribution in [2.75, 3.05) is 0 Å². The number of ether oxygens (including phenoxy) is 1. The van der Waals surface area contributed by atoms with Crippen molar-refractivity contribution in [2.45, 2.75) is 32.9 Å². The van der Waals surface area contributed by atoms with Crippen molar-refractivity contribution in [2.24, 2.45) is 0 Å². The molecule has 1 aromatic carbocycles. The Morgan fingerprint density at radius 2 is 2.00 bits per heavy atom. The van der Waals surface area contributed by atoms with E-state index in [1.54, 1.807) is 0 Å². The van der Waals surface area contributed by atoms with E-state index in [9.17, 15) is 4.79 Å². The van der Waals surface area contributed by atoms with Crippen LogP contribution in [0.4, 0.5) is 0 Å². The van der Waals surface area contributed by atoms with E-state index in [4.69, 9.17) is 0 Å². The first-order valence-corrected chi connectivity index (χ1v) is 5.62. The van der Waals surface area contributed by atoms with Gasteiger partial charge in [-0.25, -0.2) is 0 Å². The van der Waals surface area contributed by atoms with Gasteiger partial charge in [-0.2, -0.15) is 0 Å². The molecule has 0 fully saturated rings. The average molecular weight is 233 g/mol. The fraction of sp³-hybridized carbons (Fsp3) is 0.357. The molecule has 0 saturated carbocycles. The van der Waals surface area contributed by atoms with E-state index in [0.717, 1.165) is 6.54 Å². The lowest BCUT2D eigenvalue weighted by atomic mass is 10.1. The third kappa shape index (κ3) is 5.20. The zero-order valence-electron chi connectivity index (χ0n) is 10.6. The Hall–Kier alpha value is -1.77. The molecule has 1 aliphatic rings. The van der Waals surface area contributed by atoms with Gasteiger partial charge in [0.05, 0.1) is 0 Å². The molecule has 3 nitrogen and oxygen atoms in total. The summed E-state index contributed by atoms with van der Waals surface area (Å²) in [5.41, 5.74) is 2.40. The molecule has 1 N–H and O–H groups in total. The van der Waals surface area contributed by atoms with E-state index in [1.165, 1.54) is 11.1 Å². The number of fused-ring (bicyclic) bond motifs is 1. The number of carbonyl (C=O) groups is 1. The maximum absolute atomic E-state index is 9.60. The summed E-state index contributed by atoms with van der Waals surface area (Å²) in [7, 11) is 0. The van der Waals surface area contributed by atoms with Crippen molar-refractivity contribution in [3.05, 3.63) is 41.6 Å².